The van der Waals surface area contributed by atoms with E-state index in [9.17, 15) is 4.79 Å². The number of fused-ring (bicyclic) bond motifs is 1. The predicted molar refractivity (Wildman–Crippen MR) is 99.3 cm³/mol. The molecule has 0 fully saturated rings. The first kappa shape index (κ1) is 17.5. The van der Waals surface area contributed by atoms with E-state index in [2.05, 4.69) is 15.3 Å². The van der Waals surface area contributed by atoms with Gasteiger partial charge in [-0.1, -0.05) is 18.2 Å². The lowest BCUT2D eigenvalue weighted by Crippen LogP contribution is -2.16. The number of benzene rings is 2. The number of nitrogens with one attached hydrogen (secondary N) is 1. The maximum atomic E-state index is 11.2. The molecule has 2 aromatic carbocycles. The Morgan fingerprint density at radius 3 is 2.58 bits per heavy atom. The molecule has 7 heteroatoms. The minimum Gasteiger partial charge on any atom is -0.493 e. The van der Waals surface area contributed by atoms with Gasteiger partial charge in [-0.3, -0.25) is 4.79 Å². The summed E-state index contributed by atoms with van der Waals surface area (Å²) < 4.78 is 10.6. The summed E-state index contributed by atoms with van der Waals surface area (Å²) in [5.41, 5.74) is 7.04. The van der Waals surface area contributed by atoms with E-state index < -0.39 is 5.91 Å². The van der Waals surface area contributed by atoms with Gasteiger partial charge < -0.3 is 20.5 Å². The fraction of sp³-hybridized carbons (Fsp3) is 0.211. The van der Waals surface area contributed by atoms with Gasteiger partial charge in [-0.2, -0.15) is 0 Å². The van der Waals surface area contributed by atoms with E-state index in [0.29, 0.717) is 29.7 Å². The Hall–Kier alpha value is -3.35. The van der Waals surface area contributed by atoms with Crippen molar-refractivity contribution in [2.75, 3.05) is 19.5 Å². The maximum absolute atomic E-state index is 11.2. The molecule has 3 N–H and O–H groups in total. The molecular weight excluding hydrogens is 332 g/mol. The van der Waals surface area contributed by atoms with Crippen molar-refractivity contribution < 1.29 is 14.3 Å². The zero-order chi connectivity index (χ0) is 18.5. The van der Waals surface area contributed by atoms with Crippen LogP contribution in [0.1, 0.15) is 11.4 Å². The summed E-state index contributed by atoms with van der Waals surface area (Å²) in [5, 5.41) is 4.18. The third-order valence-electron chi connectivity index (χ3n) is 3.89. The smallest absolute Gasteiger partial charge is 0.225 e. The molecule has 7 nitrogen and oxygen atoms in total. The molecule has 0 saturated heterocycles. The zero-order valence-electron chi connectivity index (χ0n) is 14.7. The number of ether oxygens (including phenoxy) is 2. The van der Waals surface area contributed by atoms with E-state index in [-0.39, 0.29) is 6.42 Å². The Morgan fingerprint density at radius 2 is 1.85 bits per heavy atom. The Morgan fingerprint density at radius 1 is 1.08 bits per heavy atom. The minimum absolute atomic E-state index is 0.00409. The third kappa shape index (κ3) is 3.83. The Bertz CT molecular complexity index is 943. The van der Waals surface area contributed by atoms with E-state index in [1.807, 2.05) is 42.5 Å². The second-order valence-electron chi connectivity index (χ2n) is 5.69. The van der Waals surface area contributed by atoms with Crippen LogP contribution in [0.4, 0.5) is 5.82 Å². The van der Waals surface area contributed by atoms with Crippen molar-refractivity contribution in [1.82, 2.24) is 9.97 Å². The summed E-state index contributed by atoms with van der Waals surface area (Å²) in [4.78, 5) is 20.1. The lowest BCUT2D eigenvalue weighted by atomic mass is 10.2. The first-order valence-electron chi connectivity index (χ1n) is 8.09. The fourth-order valence-corrected chi connectivity index (χ4v) is 2.67. The van der Waals surface area contributed by atoms with Gasteiger partial charge in [-0.25, -0.2) is 9.97 Å². The molecule has 0 atom stereocenters. The highest BCUT2D eigenvalue weighted by molar-refractivity contribution is 5.89. The van der Waals surface area contributed by atoms with Gasteiger partial charge in [0.25, 0.3) is 0 Å². The number of hydrogen-bond donors (Lipinski definition) is 2. The van der Waals surface area contributed by atoms with Crippen molar-refractivity contribution in [3.05, 3.63) is 53.9 Å². The molecule has 0 unspecified atom stereocenters. The molecule has 1 heterocycles. The van der Waals surface area contributed by atoms with Gasteiger partial charge in [0.1, 0.15) is 11.6 Å². The van der Waals surface area contributed by atoms with Crippen molar-refractivity contribution >= 4 is 22.6 Å². The van der Waals surface area contributed by atoms with Crippen LogP contribution in [-0.4, -0.2) is 30.1 Å². The molecule has 0 aliphatic carbocycles. The molecule has 0 spiro atoms. The van der Waals surface area contributed by atoms with Gasteiger partial charge in [0, 0.05) is 11.9 Å². The molecule has 1 amide bonds. The number of hydrogen-bond acceptors (Lipinski definition) is 6. The number of nitrogens with zero attached hydrogens (tertiary/aromatic N) is 2. The van der Waals surface area contributed by atoms with Gasteiger partial charge >= 0.3 is 0 Å². The van der Waals surface area contributed by atoms with Crippen LogP contribution in [0.15, 0.2) is 42.5 Å². The van der Waals surface area contributed by atoms with E-state index in [1.54, 1.807) is 14.2 Å². The van der Waals surface area contributed by atoms with Crippen LogP contribution >= 0.6 is 0 Å². The van der Waals surface area contributed by atoms with Crippen molar-refractivity contribution in [3.63, 3.8) is 0 Å². The average molecular weight is 352 g/mol. The molecular formula is C19H20N4O3. The number of methoxy groups -OCH3 is 2. The number of primary amides is 1. The van der Waals surface area contributed by atoms with E-state index >= 15 is 0 Å². The second kappa shape index (κ2) is 7.69. The summed E-state index contributed by atoms with van der Waals surface area (Å²) in [6.07, 6.45) is -0.00409. The molecule has 0 bridgehead atoms. The highest BCUT2D eigenvalue weighted by Gasteiger charge is 2.10. The second-order valence-corrected chi connectivity index (χ2v) is 5.69. The largest absolute Gasteiger partial charge is 0.493 e. The molecule has 3 rings (SSSR count). The summed E-state index contributed by atoms with van der Waals surface area (Å²) in [7, 11) is 3.20. The number of rotatable bonds is 7. The molecule has 0 aliphatic rings. The lowest BCUT2D eigenvalue weighted by Gasteiger charge is -2.12. The first-order valence-corrected chi connectivity index (χ1v) is 8.09. The van der Waals surface area contributed by atoms with Gasteiger partial charge in [0.05, 0.1) is 26.2 Å². The van der Waals surface area contributed by atoms with Crippen molar-refractivity contribution in [1.29, 1.82) is 0 Å². The zero-order valence-corrected chi connectivity index (χ0v) is 14.7. The van der Waals surface area contributed by atoms with Crippen LogP contribution < -0.4 is 20.5 Å². The highest BCUT2D eigenvalue weighted by atomic mass is 16.5. The van der Waals surface area contributed by atoms with E-state index in [0.717, 1.165) is 16.5 Å². The van der Waals surface area contributed by atoms with E-state index in [1.165, 1.54) is 0 Å². The van der Waals surface area contributed by atoms with E-state index in [4.69, 9.17) is 15.2 Å². The predicted octanol–water partition coefficient (Wildman–Crippen LogP) is 2.29. The quantitative estimate of drug-likeness (QED) is 0.677. The molecule has 3 aromatic rings. The van der Waals surface area contributed by atoms with Crippen LogP contribution in [0.3, 0.4) is 0 Å². The Kier molecular flexibility index (Phi) is 5.17. The minimum atomic E-state index is -0.467. The Labute approximate surface area is 151 Å². The Balaban J connectivity index is 1.89. The lowest BCUT2D eigenvalue weighted by molar-refractivity contribution is -0.117. The molecule has 0 radical (unpaired) electrons. The van der Waals surface area contributed by atoms with Crippen LogP contribution in [-0.2, 0) is 17.8 Å². The monoisotopic (exact) mass is 352 g/mol. The topological polar surface area (TPSA) is 99.4 Å². The number of nitrogens with two attached hydrogens (primary N) is 1. The first-order chi connectivity index (χ1) is 12.6. The summed E-state index contributed by atoms with van der Waals surface area (Å²) in [6, 6.07) is 13.3. The van der Waals surface area contributed by atoms with Crippen LogP contribution in [0, 0.1) is 0 Å². The number of para-hydroxylation sites is 1. The van der Waals surface area contributed by atoms with Crippen LogP contribution in [0.5, 0.6) is 11.5 Å². The standard InChI is InChI=1S/C19H20N4O3/c1-25-15-8-7-12(9-16(15)26-2)11-21-19-13-5-3-4-6-14(13)22-18(23-19)10-17(20)24/h3-9H,10-11H2,1-2H3,(H2,20,24)(H,21,22,23). The number of carbonyl (C=O) groups excluding carboxylic acids is 1. The fourth-order valence-electron chi connectivity index (χ4n) is 2.67. The van der Waals surface area contributed by atoms with Gasteiger partial charge in [-0.05, 0) is 29.8 Å². The van der Waals surface area contributed by atoms with Gasteiger partial charge in [0.15, 0.2) is 11.5 Å². The normalized spacial score (nSPS) is 10.5. The highest BCUT2D eigenvalue weighted by Crippen LogP contribution is 2.28. The summed E-state index contributed by atoms with van der Waals surface area (Å²) in [6.45, 7) is 0.525. The van der Waals surface area contributed by atoms with Crippen molar-refractivity contribution in [3.8, 4) is 11.5 Å². The molecule has 134 valence electrons. The number of carbonyl (C=O) groups is 1. The number of aromatic nitrogens is 2. The molecule has 0 saturated carbocycles. The summed E-state index contributed by atoms with van der Waals surface area (Å²) in [5.74, 6) is 1.92. The van der Waals surface area contributed by atoms with Crippen molar-refractivity contribution in [2.45, 2.75) is 13.0 Å². The third-order valence-corrected chi connectivity index (χ3v) is 3.89. The van der Waals surface area contributed by atoms with Crippen LogP contribution in [0.2, 0.25) is 0 Å². The molecule has 26 heavy (non-hydrogen) atoms. The molecule has 0 aliphatic heterocycles. The maximum Gasteiger partial charge on any atom is 0.225 e. The van der Waals surface area contributed by atoms with Crippen molar-refractivity contribution in [2.24, 2.45) is 5.73 Å². The SMILES string of the molecule is COc1ccc(CNc2nc(CC(N)=O)nc3ccccc23)cc1OC. The molecule has 1 aromatic heterocycles. The number of anilines is 1. The van der Waals surface area contributed by atoms with Gasteiger partial charge in [-0.15, -0.1) is 0 Å². The summed E-state index contributed by atoms with van der Waals surface area (Å²) >= 11 is 0. The van der Waals surface area contributed by atoms with Crippen LogP contribution in [0.25, 0.3) is 10.9 Å². The average Bonchev–Trinajstić information content (AvgIpc) is 2.65. The van der Waals surface area contributed by atoms with Gasteiger partial charge in [0.2, 0.25) is 5.91 Å². The number of amides is 1.